The molecule has 0 aliphatic rings. The highest BCUT2D eigenvalue weighted by atomic mass is 32.2. The lowest BCUT2D eigenvalue weighted by Crippen LogP contribution is -2.41. The van der Waals surface area contributed by atoms with Crippen molar-refractivity contribution in [3.05, 3.63) is 48.0 Å². The molecule has 10 nitrogen and oxygen atoms in total. The first-order chi connectivity index (χ1) is 14.2. The SMILES string of the molecule is CCCn1nnc2cc(C(=O)N[C@@H](C)C(=O)Nc3ccc(S(N)(=O)=O)cc3)ccc21. The molecule has 0 bridgehead atoms. The quantitative estimate of drug-likeness (QED) is 0.513. The number of nitrogens with two attached hydrogens (primary N) is 1. The number of sulfonamides is 1. The summed E-state index contributed by atoms with van der Waals surface area (Å²) < 4.78 is 24.3. The number of nitrogens with one attached hydrogen (secondary N) is 2. The number of anilines is 1. The summed E-state index contributed by atoms with van der Waals surface area (Å²) in [5, 5.41) is 18.4. The van der Waals surface area contributed by atoms with Gasteiger partial charge in [0.25, 0.3) is 5.91 Å². The molecule has 4 N–H and O–H groups in total. The molecule has 158 valence electrons. The van der Waals surface area contributed by atoms with Gasteiger partial charge in [-0.05, 0) is 55.8 Å². The maximum absolute atomic E-state index is 12.5. The van der Waals surface area contributed by atoms with Gasteiger partial charge in [0.2, 0.25) is 15.9 Å². The van der Waals surface area contributed by atoms with Gasteiger partial charge in [0, 0.05) is 17.8 Å². The maximum Gasteiger partial charge on any atom is 0.251 e. The fraction of sp³-hybridized carbons (Fsp3) is 0.263. The molecule has 0 saturated heterocycles. The van der Waals surface area contributed by atoms with Crippen LogP contribution in [0, 0.1) is 0 Å². The van der Waals surface area contributed by atoms with Gasteiger partial charge in [0.1, 0.15) is 11.6 Å². The first-order valence-corrected chi connectivity index (χ1v) is 10.8. The molecule has 0 aliphatic heterocycles. The third-order valence-electron chi connectivity index (χ3n) is 4.40. The van der Waals surface area contributed by atoms with Crippen molar-refractivity contribution in [2.75, 3.05) is 5.32 Å². The van der Waals surface area contributed by atoms with E-state index in [1.807, 2.05) is 6.92 Å². The van der Waals surface area contributed by atoms with E-state index in [0.29, 0.717) is 16.8 Å². The van der Waals surface area contributed by atoms with E-state index in [1.165, 1.54) is 24.3 Å². The van der Waals surface area contributed by atoms with Crippen LogP contribution in [0.25, 0.3) is 11.0 Å². The molecular weight excluding hydrogens is 408 g/mol. The maximum atomic E-state index is 12.5. The largest absolute Gasteiger partial charge is 0.341 e. The molecule has 2 aromatic carbocycles. The second-order valence-corrected chi connectivity index (χ2v) is 8.33. The smallest absolute Gasteiger partial charge is 0.251 e. The van der Waals surface area contributed by atoms with Gasteiger partial charge in [-0.1, -0.05) is 12.1 Å². The molecule has 0 saturated carbocycles. The Labute approximate surface area is 173 Å². The first kappa shape index (κ1) is 21.4. The molecule has 2 amide bonds. The lowest BCUT2D eigenvalue weighted by molar-refractivity contribution is -0.117. The van der Waals surface area contributed by atoms with Gasteiger partial charge in [0.15, 0.2) is 0 Å². The van der Waals surface area contributed by atoms with Crippen molar-refractivity contribution in [3.8, 4) is 0 Å². The number of hydrogen-bond acceptors (Lipinski definition) is 6. The van der Waals surface area contributed by atoms with E-state index in [2.05, 4.69) is 20.9 Å². The number of hydrogen-bond donors (Lipinski definition) is 3. The predicted octanol–water partition coefficient (Wildman–Crippen LogP) is 1.25. The van der Waals surface area contributed by atoms with Gasteiger partial charge in [0.05, 0.1) is 10.4 Å². The summed E-state index contributed by atoms with van der Waals surface area (Å²) in [4.78, 5) is 24.8. The van der Waals surface area contributed by atoms with Crippen molar-refractivity contribution in [1.82, 2.24) is 20.3 Å². The minimum absolute atomic E-state index is 0.0619. The second-order valence-electron chi connectivity index (χ2n) is 6.77. The summed E-state index contributed by atoms with van der Waals surface area (Å²) in [6.45, 7) is 4.32. The molecule has 30 heavy (non-hydrogen) atoms. The van der Waals surface area contributed by atoms with Gasteiger partial charge < -0.3 is 10.6 Å². The summed E-state index contributed by atoms with van der Waals surface area (Å²) in [6.07, 6.45) is 0.915. The standard InChI is InChI=1S/C19H22N6O4S/c1-3-10-25-17-9-4-13(11-16(17)23-24-25)19(27)21-12(2)18(26)22-14-5-7-15(8-6-14)30(20,28)29/h4-9,11-12H,3,10H2,1-2H3,(H,21,27)(H,22,26)(H2,20,28,29)/t12-/m0/s1. The van der Waals surface area contributed by atoms with Gasteiger partial charge in [-0.25, -0.2) is 18.2 Å². The average Bonchev–Trinajstić information content (AvgIpc) is 3.10. The molecule has 11 heteroatoms. The number of nitrogens with zero attached hydrogens (tertiary/aromatic N) is 3. The minimum Gasteiger partial charge on any atom is -0.341 e. The third kappa shape index (κ3) is 4.81. The number of aromatic nitrogens is 3. The van der Waals surface area contributed by atoms with Crippen LogP contribution in [-0.4, -0.2) is 41.3 Å². The van der Waals surface area contributed by atoms with E-state index in [4.69, 9.17) is 5.14 Å². The van der Waals surface area contributed by atoms with Gasteiger partial charge in [-0.15, -0.1) is 5.10 Å². The number of primary sulfonamides is 1. The van der Waals surface area contributed by atoms with E-state index < -0.39 is 27.9 Å². The Kier molecular flexibility index (Phi) is 6.13. The molecule has 3 aromatic rings. The lowest BCUT2D eigenvalue weighted by atomic mass is 10.1. The van der Waals surface area contributed by atoms with Crippen LogP contribution in [0.3, 0.4) is 0 Å². The van der Waals surface area contributed by atoms with Crippen LogP contribution in [0.5, 0.6) is 0 Å². The number of carbonyl (C=O) groups excluding carboxylic acids is 2. The normalized spacial score (nSPS) is 12.5. The molecule has 1 aromatic heterocycles. The Morgan fingerprint density at radius 1 is 1.17 bits per heavy atom. The minimum atomic E-state index is -3.81. The zero-order chi connectivity index (χ0) is 21.9. The van der Waals surface area contributed by atoms with E-state index >= 15 is 0 Å². The molecule has 0 unspecified atom stereocenters. The molecule has 0 fully saturated rings. The molecule has 0 aliphatic carbocycles. The third-order valence-corrected chi connectivity index (χ3v) is 5.33. The monoisotopic (exact) mass is 430 g/mol. The van der Waals surface area contributed by atoms with E-state index in [9.17, 15) is 18.0 Å². The lowest BCUT2D eigenvalue weighted by Gasteiger charge is -2.14. The van der Waals surface area contributed by atoms with E-state index in [0.717, 1.165) is 18.5 Å². The van der Waals surface area contributed by atoms with Crippen LogP contribution in [-0.2, 0) is 21.4 Å². The van der Waals surface area contributed by atoms with E-state index in [1.54, 1.807) is 29.8 Å². The molecule has 1 heterocycles. The van der Waals surface area contributed by atoms with Crippen LogP contribution in [0.1, 0.15) is 30.6 Å². The second kappa shape index (κ2) is 8.59. The predicted molar refractivity (Wildman–Crippen MR) is 111 cm³/mol. The summed E-state index contributed by atoms with van der Waals surface area (Å²) in [6, 6.07) is 9.63. The van der Waals surface area contributed by atoms with Crippen LogP contribution in [0.2, 0.25) is 0 Å². The van der Waals surface area contributed by atoms with Crippen molar-refractivity contribution >= 4 is 38.6 Å². The summed E-state index contributed by atoms with van der Waals surface area (Å²) >= 11 is 0. The number of amides is 2. The Balaban J connectivity index is 1.64. The number of aryl methyl sites for hydroxylation is 1. The first-order valence-electron chi connectivity index (χ1n) is 9.27. The van der Waals surface area contributed by atoms with Crippen molar-refractivity contribution in [3.63, 3.8) is 0 Å². The van der Waals surface area contributed by atoms with Gasteiger partial charge >= 0.3 is 0 Å². The molecule has 1 atom stereocenters. The van der Waals surface area contributed by atoms with Crippen molar-refractivity contribution < 1.29 is 18.0 Å². The molecule has 3 rings (SSSR count). The van der Waals surface area contributed by atoms with Crippen LogP contribution < -0.4 is 15.8 Å². The Bertz CT molecular complexity index is 1190. The Hall–Kier alpha value is -3.31. The van der Waals surface area contributed by atoms with Crippen molar-refractivity contribution in [2.24, 2.45) is 5.14 Å². The molecule has 0 radical (unpaired) electrons. The number of carbonyl (C=O) groups is 2. The van der Waals surface area contributed by atoms with Gasteiger partial charge in [-0.3, -0.25) is 9.59 Å². The number of rotatable bonds is 7. The summed E-state index contributed by atoms with van der Waals surface area (Å²) in [5.41, 5.74) is 2.18. The zero-order valence-corrected chi connectivity index (χ0v) is 17.3. The Morgan fingerprint density at radius 3 is 2.50 bits per heavy atom. The fourth-order valence-corrected chi connectivity index (χ4v) is 3.33. The van der Waals surface area contributed by atoms with E-state index in [-0.39, 0.29) is 4.90 Å². The number of fused-ring (bicyclic) bond motifs is 1. The highest BCUT2D eigenvalue weighted by Gasteiger charge is 2.18. The molecular formula is C19H22N6O4S. The average molecular weight is 430 g/mol. The summed E-state index contributed by atoms with van der Waals surface area (Å²) in [7, 11) is -3.81. The van der Waals surface area contributed by atoms with Crippen LogP contribution >= 0.6 is 0 Å². The highest BCUT2D eigenvalue weighted by Crippen LogP contribution is 2.15. The fourth-order valence-electron chi connectivity index (χ4n) is 2.81. The van der Waals surface area contributed by atoms with Gasteiger partial charge in [-0.2, -0.15) is 0 Å². The van der Waals surface area contributed by atoms with Crippen LogP contribution in [0.4, 0.5) is 5.69 Å². The topological polar surface area (TPSA) is 149 Å². The Morgan fingerprint density at radius 2 is 1.87 bits per heavy atom. The zero-order valence-electron chi connectivity index (χ0n) is 16.5. The molecule has 0 spiro atoms. The van der Waals surface area contributed by atoms with Crippen molar-refractivity contribution in [1.29, 1.82) is 0 Å². The number of benzene rings is 2. The van der Waals surface area contributed by atoms with Crippen molar-refractivity contribution in [2.45, 2.75) is 37.8 Å². The summed E-state index contributed by atoms with van der Waals surface area (Å²) in [5.74, 6) is -0.879. The highest BCUT2D eigenvalue weighted by molar-refractivity contribution is 7.89. The van der Waals surface area contributed by atoms with Crippen LogP contribution in [0.15, 0.2) is 47.4 Å².